The van der Waals surface area contributed by atoms with Crippen LogP contribution in [0.1, 0.15) is 11.1 Å². The largest absolute Gasteiger partial charge is 0.492 e. The lowest BCUT2D eigenvalue weighted by Gasteiger charge is -2.12. The van der Waals surface area contributed by atoms with Crippen LogP contribution in [0.3, 0.4) is 0 Å². The molecule has 0 radical (unpaired) electrons. The fourth-order valence-electron chi connectivity index (χ4n) is 2.52. The van der Waals surface area contributed by atoms with Gasteiger partial charge in [-0.15, -0.1) is 0 Å². The quantitative estimate of drug-likeness (QED) is 0.631. The van der Waals surface area contributed by atoms with Crippen LogP contribution in [0, 0.1) is 14.9 Å². The first-order valence-electron chi connectivity index (χ1n) is 7.61. The summed E-state index contributed by atoms with van der Waals surface area (Å²) in [7, 11) is -2.09. The number of hydrogen-bond donors (Lipinski definition) is 1. The first-order valence-corrected chi connectivity index (χ1v) is 10.2. The van der Waals surface area contributed by atoms with E-state index in [4.69, 9.17) is 19.5 Å². The molecule has 0 saturated carbocycles. The number of hydrogen-bond acceptors (Lipinski definition) is 6. The van der Waals surface area contributed by atoms with E-state index in [-0.39, 0.29) is 18.2 Å². The first kappa shape index (κ1) is 18.8. The predicted octanol–water partition coefficient (Wildman–Crippen LogP) is 2.42. The Kier molecular flexibility index (Phi) is 5.55. The minimum atomic E-state index is -3.64. The van der Waals surface area contributed by atoms with Gasteiger partial charge in [-0.3, -0.25) is 0 Å². The van der Waals surface area contributed by atoms with Gasteiger partial charge < -0.3 is 14.2 Å². The molecule has 1 heterocycles. The highest BCUT2D eigenvalue weighted by atomic mass is 127. The Hall–Kier alpha value is -2.03. The second kappa shape index (κ2) is 7.69. The van der Waals surface area contributed by atoms with Gasteiger partial charge in [-0.05, 0) is 64.9 Å². The van der Waals surface area contributed by atoms with Crippen molar-refractivity contribution in [2.75, 3.05) is 20.4 Å². The smallest absolute Gasteiger partial charge is 0.240 e. The van der Waals surface area contributed by atoms with Crippen molar-refractivity contribution in [2.24, 2.45) is 0 Å². The molecule has 0 atom stereocenters. The van der Waals surface area contributed by atoms with Crippen LogP contribution in [0.5, 0.6) is 17.2 Å². The lowest BCUT2D eigenvalue weighted by atomic mass is 10.1. The zero-order valence-corrected chi connectivity index (χ0v) is 16.8. The third-order valence-electron chi connectivity index (χ3n) is 3.82. The highest BCUT2D eigenvalue weighted by molar-refractivity contribution is 14.1. The van der Waals surface area contributed by atoms with Gasteiger partial charge in [-0.2, -0.15) is 5.26 Å². The molecule has 3 rings (SSSR count). The number of nitrogens with one attached hydrogen (secondary N) is 1. The van der Waals surface area contributed by atoms with Crippen molar-refractivity contribution in [3.8, 4) is 23.3 Å². The maximum absolute atomic E-state index is 12.4. The molecule has 26 heavy (non-hydrogen) atoms. The fraction of sp³-hybridized carbons (Fsp3) is 0.235. The molecule has 7 nitrogen and oxygen atoms in total. The van der Waals surface area contributed by atoms with E-state index in [1.54, 1.807) is 7.11 Å². The van der Waals surface area contributed by atoms with Crippen LogP contribution in [0.15, 0.2) is 35.2 Å². The number of sulfonamides is 1. The van der Waals surface area contributed by atoms with Crippen LogP contribution in [0.4, 0.5) is 0 Å². The maximum Gasteiger partial charge on any atom is 0.240 e. The Balaban J connectivity index is 1.72. The highest BCUT2D eigenvalue weighted by Crippen LogP contribution is 2.45. The van der Waals surface area contributed by atoms with Gasteiger partial charge in [-0.1, -0.05) is 0 Å². The van der Waals surface area contributed by atoms with Gasteiger partial charge in [0.05, 0.1) is 27.2 Å². The van der Waals surface area contributed by atoms with Gasteiger partial charge in [-0.25, -0.2) is 13.1 Å². The average molecular weight is 486 g/mol. The molecule has 2 aromatic rings. The van der Waals surface area contributed by atoms with E-state index < -0.39 is 10.0 Å². The molecule has 9 heteroatoms. The van der Waals surface area contributed by atoms with Crippen LogP contribution in [0.25, 0.3) is 0 Å². The molecule has 136 valence electrons. The SMILES string of the molecule is COc1c(I)c(CCNS(=O)(=O)c2ccc(C#N)cc2)cc2c1OCO2. The molecule has 0 aromatic heterocycles. The Morgan fingerprint density at radius 1 is 1.31 bits per heavy atom. The predicted molar refractivity (Wildman–Crippen MR) is 102 cm³/mol. The van der Waals surface area contributed by atoms with Crippen LogP contribution < -0.4 is 18.9 Å². The summed E-state index contributed by atoms with van der Waals surface area (Å²) in [6.45, 7) is 0.345. The van der Waals surface area contributed by atoms with Crippen molar-refractivity contribution < 1.29 is 22.6 Å². The molecule has 0 spiro atoms. The third-order valence-corrected chi connectivity index (χ3v) is 6.48. The highest BCUT2D eigenvalue weighted by Gasteiger charge is 2.24. The number of fused-ring (bicyclic) bond motifs is 1. The lowest BCUT2D eigenvalue weighted by molar-refractivity contribution is 0.171. The molecule has 0 aliphatic carbocycles. The molecule has 1 aliphatic heterocycles. The number of methoxy groups -OCH3 is 1. The van der Waals surface area contributed by atoms with E-state index in [2.05, 4.69) is 27.3 Å². The number of nitrogens with zero attached hydrogens (tertiary/aromatic N) is 1. The van der Waals surface area contributed by atoms with Gasteiger partial charge in [0.25, 0.3) is 0 Å². The monoisotopic (exact) mass is 486 g/mol. The second-order valence-corrected chi connectivity index (χ2v) is 8.25. The van der Waals surface area contributed by atoms with Gasteiger partial charge in [0.2, 0.25) is 22.6 Å². The summed E-state index contributed by atoms with van der Waals surface area (Å²) >= 11 is 2.15. The summed E-state index contributed by atoms with van der Waals surface area (Å²) in [5.41, 5.74) is 1.31. The van der Waals surface area contributed by atoms with Crippen molar-refractivity contribution in [1.29, 1.82) is 5.26 Å². The zero-order chi connectivity index (χ0) is 18.7. The summed E-state index contributed by atoms with van der Waals surface area (Å²) in [4.78, 5) is 0.120. The van der Waals surface area contributed by atoms with Gasteiger partial charge in [0, 0.05) is 6.54 Å². The summed E-state index contributed by atoms with van der Waals surface area (Å²) in [6, 6.07) is 9.56. The number of ether oxygens (including phenoxy) is 3. The Bertz CT molecular complexity index is 968. The minimum absolute atomic E-state index is 0.120. The summed E-state index contributed by atoms with van der Waals surface area (Å²) in [5.74, 6) is 1.75. The van der Waals surface area contributed by atoms with Crippen molar-refractivity contribution in [3.05, 3.63) is 45.0 Å². The van der Waals surface area contributed by atoms with Crippen molar-refractivity contribution in [2.45, 2.75) is 11.3 Å². The van der Waals surface area contributed by atoms with Crippen molar-refractivity contribution in [3.63, 3.8) is 0 Å². The second-order valence-electron chi connectivity index (χ2n) is 5.40. The molecule has 2 aromatic carbocycles. The van der Waals surface area contributed by atoms with Gasteiger partial charge in [0.15, 0.2) is 11.5 Å². The van der Waals surface area contributed by atoms with E-state index in [1.807, 2.05) is 12.1 Å². The standard InChI is InChI=1S/C17H15IN2O5S/c1-23-17-15(18)12(8-14-16(17)25-10-24-14)6-7-20-26(21,22)13-4-2-11(9-19)3-5-13/h2-5,8,20H,6-7,10H2,1H3. The molecule has 0 fully saturated rings. The minimum Gasteiger partial charge on any atom is -0.492 e. The van der Waals surface area contributed by atoms with E-state index in [0.717, 1.165) is 9.13 Å². The number of rotatable bonds is 6. The van der Waals surface area contributed by atoms with E-state index in [0.29, 0.717) is 29.2 Å². The molecule has 1 N–H and O–H groups in total. The van der Waals surface area contributed by atoms with Crippen LogP contribution in [0.2, 0.25) is 0 Å². The van der Waals surface area contributed by atoms with Crippen LogP contribution in [-0.2, 0) is 16.4 Å². The van der Waals surface area contributed by atoms with Crippen molar-refractivity contribution in [1.82, 2.24) is 4.72 Å². The fourth-order valence-corrected chi connectivity index (χ4v) is 4.44. The molecule has 1 aliphatic rings. The van der Waals surface area contributed by atoms with Crippen LogP contribution >= 0.6 is 22.6 Å². The Labute approximate surface area is 165 Å². The number of halogens is 1. The van der Waals surface area contributed by atoms with Gasteiger partial charge in [0.1, 0.15) is 0 Å². The number of nitriles is 1. The molecule has 0 bridgehead atoms. The maximum atomic E-state index is 12.4. The van der Waals surface area contributed by atoms with Crippen LogP contribution in [-0.4, -0.2) is 28.9 Å². The third kappa shape index (κ3) is 3.72. The Morgan fingerprint density at radius 3 is 2.69 bits per heavy atom. The van der Waals surface area contributed by atoms with E-state index >= 15 is 0 Å². The average Bonchev–Trinajstić information content (AvgIpc) is 3.10. The summed E-state index contributed by atoms with van der Waals surface area (Å²) in [6.07, 6.45) is 0.459. The molecule has 0 saturated heterocycles. The van der Waals surface area contributed by atoms with E-state index in [1.165, 1.54) is 24.3 Å². The van der Waals surface area contributed by atoms with Crippen molar-refractivity contribution >= 4 is 32.6 Å². The van der Waals surface area contributed by atoms with Gasteiger partial charge >= 0.3 is 0 Å². The molecule has 0 unspecified atom stereocenters. The summed E-state index contributed by atoms with van der Waals surface area (Å²) in [5, 5.41) is 8.79. The molecule has 0 amide bonds. The molecular formula is C17H15IN2O5S. The lowest BCUT2D eigenvalue weighted by Crippen LogP contribution is -2.26. The normalized spacial score (nSPS) is 12.7. The topological polar surface area (TPSA) is 97.7 Å². The molecular weight excluding hydrogens is 471 g/mol. The number of benzene rings is 2. The van der Waals surface area contributed by atoms with E-state index in [9.17, 15) is 8.42 Å². The Morgan fingerprint density at radius 2 is 2.04 bits per heavy atom. The summed E-state index contributed by atoms with van der Waals surface area (Å²) < 4.78 is 44.3. The first-order chi connectivity index (χ1) is 12.5. The zero-order valence-electron chi connectivity index (χ0n) is 13.8.